The zero-order chi connectivity index (χ0) is 19.1. The van der Waals surface area contributed by atoms with Crippen molar-refractivity contribution in [2.24, 2.45) is 0 Å². The van der Waals surface area contributed by atoms with Crippen LogP contribution in [0.15, 0.2) is 46.9 Å². The quantitative estimate of drug-likeness (QED) is 0.686. The van der Waals surface area contributed by atoms with E-state index in [4.69, 9.17) is 4.74 Å². The van der Waals surface area contributed by atoms with Crippen LogP contribution in [0.4, 0.5) is 14.5 Å². The summed E-state index contributed by atoms with van der Waals surface area (Å²) in [5.41, 5.74) is 1.12. The number of anilines is 1. The zero-order valence-corrected chi connectivity index (χ0v) is 15.9. The van der Waals surface area contributed by atoms with Gasteiger partial charge in [0.2, 0.25) is 5.91 Å². The number of methoxy groups -OCH3 is 1. The Balaban J connectivity index is 1.99. The number of likely N-dealkylation sites (N-methyl/N-ethyl adjacent to an activating group) is 1. The lowest BCUT2D eigenvalue weighted by atomic mass is 10.2. The zero-order valence-electron chi connectivity index (χ0n) is 14.3. The molecule has 0 bridgehead atoms. The summed E-state index contributed by atoms with van der Waals surface area (Å²) in [5.74, 6) is 0.301. The molecule has 26 heavy (non-hydrogen) atoms. The number of para-hydroxylation sites is 2. The van der Waals surface area contributed by atoms with E-state index in [1.165, 1.54) is 12.1 Å². The fourth-order valence-corrected chi connectivity index (χ4v) is 2.83. The first-order valence-corrected chi connectivity index (χ1v) is 8.53. The van der Waals surface area contributed by atoms with Gasteiger partial charge in [0, 0.05) is 16.6 Å². The number of ether oxygens (including phenoxy) is 2. The Bertz CT molecular complexity index is 759. The highest BCUT2D eigenvalue weighted by atomic mass is 79.9. The van der Waals surface area contributed by atoms with Crippen LogP contribution in [-0.2, 0) is 11.3 Å². The van der Waals surface area contributed by atoms with E-state index in [1.807, 2.05) is 18.2 Å². The molecular formula is C18H19BrF2N2O3. The second-order valence-corrected chi connectivity index (χ2v) is 6.47. The predicted octanol–water partition coefficient (Wildman–Crippen LogP) is 4.13. The van der Waals surface area contributed by atoms with Crippen LogP contribution in [0.2, 0.25) is 0 Å². The van der Waals surface area contributed by atoms with E-state index in [0.717, 1.165) is 15.8 Å². The molecule has 0 spiro atoms. The number of hydrogen-bond donors (Lipinski definition) is 1. The first-order valence-electron chi connectivity index (χ1n) is 7.73. The first-order chi connectivity index (χ1) is 12.4. The molecule has 0 heterocycles. The van der Waals surface area contributed by atoms with Gasteiger partial charge in [-0.15, -0.1) is 0 Å². The average molecular weight is 429 g/mol. The van der Waals surface area contributed by atoms with Crippen LogP contribution >= 0.6 is 15.9 Å². The minimum atomic E-state index is -2.96. The highest BCUT2D eigenvalue weighted by Gasteiger charge is 2.14. The maximum absolute atomic E-state index is 12.4. The molecule has 2 aromatic carbocycles. The predicted molar refractivity (Wildman–Crippen MR) is 98.7 cm³/mol. The van der Waals surface area contributed by atoms with Crippen LogP contribution in [0.5, 0.6) is 11.5 Å². The van der Waals surface area contributed by atoms with Gasteiger partial charge < -0.3 is 14.8 Å². The molecular weight excluding hydrogens is 410 g/mol. The third-order valence-corrected chi connectivity index (χ3v) is 3.97. The summed E-state index contributed by atoms with van der Waals surface area (Å²) in [6.45, 7) is -2.41. The minimum absolute atomic E-state index is 0.0681. The molecule has 2 aromatic rings. The molecule has 0 aliphatic heterocycles. The van der Waals surface area contributed by atoms with Crippen molar-refractivity contribution in [3.05, 3.63) is 52.5 Å². The van der Waals surface area contributed by atoms with Crippen LogP contribution in [0.3, 0.4) is 0 Å². The third kappa shape index (κ3) is 5.96. The van der Waals surface area contributed by atoms with Gasteiger partial charge in [-0.05, 0) is 37.4 Å². The summed E-state index contributed by atoms with van der Waals surface area (Å²) in [6.07, 6.45) is 0. The molecule has 5 nitrogen and oxygen atoms in total. The van der Waals surface area contributed by atoms with Gasteiger partial charge in [-0.1, -0.05) is 28.1 Å². The SMILES string of the molecule is COc1ccc(Br)cc1CN(C)CC(=O)Nc1ccccc1OC(F)F. The normalized spacial score (nSPS) is 10.9. The van der Waals surface area contributed by atoms with E-state index in [-0.39, 0.29) is 23.9 Å². The van der Waals surface area contributed by atoms with Crippen molar-refractivity contribution in [2.45, 2.75) is 13.2 Å². The molecule has 2 rings (SSSR count). The van der Waals surface area contributed by atoms with Crippen molar-refractivity contribution in [3.63, 3.8) is 0 Å². The van der Waals surface area contributed by atoms with Crippen molar-refractivity contribution in [3.8, 4) is 11.5 Å². The van der Waals surface area contributed by atoms with E-state index in [2.05, 4.69) is 26.0 Å². The molecule has 1 amide bonds. The molecule has 1 N–H and O–H groups in total. The van der Waals surface area contributed by atoms with Gasteiger partial charge >= 0.3 is 6.61 Å². The number of alkyl halides is 2. The largest absolute Gasteiger partial charge is 0.496 e. The van der Waals surface area contributed by atoms with Gasteiger partial charge in [0.25, 0.3) is 0 Å². The molecule has 0 fully saturated rings. The number of nitrogens with zero attached hydrogens (tertiary/aromatic N) is 1. The Morgan fingerprint density at radius 3 is 2.65 bits per heavy atom. The Hall–Kier alpha value is -2.19. The molecule has 0 aliphatic carbocycles. The van der Waals surface area contributed by atoms with E-state index in [1.54, 1.807) is 31.2 Å². The van der Waals surface area contributed by atoms with Crippen molar-refractivity contribution in [1.29, 1.82) is 0 Å². The summed E-state index contributed by atoms with van der Waals surface area (Å²) in [6, 6.07) is 11.7. The molecule has 0 saturated heterocycles. The Kier molecular flexibility index (Phi) is 7.35. The van der Waals surface area contributed by atoms with Crippen molar-refractivity contribution in [1.82, 2.24) is 4.90 Å². The molecule has 140 valence electrons. The minimum Gasteiger partial charge on any atom is -0.496 e. The van der Waals surface area contributed by atoms with Gasteiger partial charge in [0.1, 0.15) is 11.5 Å². The molecule has 8 heteroatoms. The second-order valence-electron chi connectivity index (χ2n) is 5.55. The summed E-state index contributed by atoms with van der Waals surface area (Å²) in [5, 5.41) is 2.59. The second kappa shape index (κ2) is 9.49. The number of amides is 1. The number of benzene rings is 2. The topological polar surface area (TPSA) is 50.8 Å². The van der Waals surface area contributed by atoms with Gasteiger partial charge in [0.15, 0.2) is 0 Å². The van der Waals surface area contributed by atoms with Crippen molar-refractivity contribution < 1.29 is 23.0 Å². The van der Waals surface area contributed by atoms with E-state index in [9.17, 15) is 13.6 Å². The van der Waals surface area contributed by atoms with E-state index in [0.29, 0.717) is 6.54 Å². The maximum atomic E-state index is 12.4. The van der Waals surface area contributed by atoms with Crippen LogP contribution < -0.4 is 14.8 Å². The number of carbonyl (C=O) groups is 1. The lowest BCUT2D eigenvalue weighted by Gasteiger charge is -2.19. The standard InChI is InChI=1S/C18H19BrF2N2O3/c1-23(10-12-9-13(19)7-8-15(12)25-2)11-17(24)22-14-5-3-4-6-16(14)26-18(20)21/h3-9,18H,10-11H2,1-2H3,(H,22,24). The van der Waals surface area contributed by atoms with Gasteiger partial charge in [-0.2, -0.15) is 8.78 Å². The van der Waals surface area contributed by atoms with Crippen LogP contribution in [0.25, 0.3) is 0 Å². The molecule has 0 saturated carbocycles. The first kappa shape index (κ1) is 20.1. The van der Waals surface area contributed by atoms with Gasteiger partial charge in [0.05, 0.1) is 19.3 Å². The highest BCUT2D eigenvalue weighted by Crippen LogP contribution is 2.26. The summed E-state index contributed by atoms with van der Waals surface area (Å²) in [4.78, 5) is 14.0. The van der Waals surface area contributed by atoms with E-state index < -0.39 is 6.61 Å². The lowest BCUT2D eigenvalue weighted by Crippen LogP contribution is -2.30. The Morgan fingerprint density at radius 1 is 1.23 bits per heavy atom. The van der Waals surface area contributed by atoms with Crippen LogP contribution in [0.1, 0.15) is 5.56 Å². The molecule has 0 unspecified atom stereocenters. The third-order valence-electron chi connectivity index (χ3n) is 3.47. The fraction of sp³-hybridized carbons (Fsp3) is 0.278. The van der Waals surface area contributed by atoms with E-state index >= 15 is 0 Å². The molecule has 0 aromatic heterocycles. The Labute approximate surface area is 159 Å². The summed E-state index contributed by atoms with van der Waals surface area (Å²) >= 11 is 3.41. The molecule has 0 aliphatic rings. The average Bonchev–Trinajstić information content (AvgIpc) is 2.56. The number of halogens is 3. The monoisotopic (exact) mass is 428 g/mol. The van der Waals surface area contributed by atoms with Gasteiger partial charge in [-0.3, -0.25) is 9.69 Å². The molecule has 0 atom stereocenters. The van der Waals surface area contributed by atoms with Crippen molar-refractivity contribution in [2.75, 3.05) is 26.0 Å². The Morgan fingerprint density at radius 2 is 1.96 bits per heavy atom. The lowest BCUT2D eigenvalue weighted by molar-refractivity contribution is -0.117. The highest BCUT2D eigenvalue weighted by molar-refractivity contribution is 9.10. The molecule has 0 radical (unpaired) electrons. The van der Waals surface area contributed by atoms with Crippen LogP contribution in [0, 0.1) is 0 Å². The van der Waals surface area contributed by atoms with Crippen LogP contribution in [-0.4, -0.2) is 38.1 Å². The number of hydrogen-bond acceptors (Lipinski definition) is 4. The smallest absolute Gasteiger partial charge is 0.387 e. The number of rotatable bonds is 8. The van der Waals surface area contributed by atoms with Crippen molar-refractivity contribution >= 4 is 27.5 Å². The summed E-state index contributed by atoms with van der Waals surface area (Å²) in [7, 11) is 3.36. The summed E-state index contributed by atoms with van der Waals surface area (Å²) < 4.78 is 35.5. The fourth-order valence-electron chi connectivity index (χ4n) is 2.42. The maximum Gasteiger partial charge on any atom is 0.387 e. The number of carbonyl (C=O) groups excluding carboxylic acids is 1. The van der Waals surface area contributed by atoms with Gasteiger partial charge in [-0.25, -0.2) is 0 Å². The number of nitrogens with one attached hydrogen (secondary N) is 1.